The Morgan fingerprint density at radius 1 is 0.833 bits per heavy atom. The fourth-order valence-electron chi connectivity index (χ4n) is 2.96. The third-order valence-electron chi connectivity index (χ3n) is 4.16. The van der Waals surface area contributed by atoms with Gasteiger partial charge in [0.25, 0.3) is 0 Å². The summed E-state index contributed by atoms with van der Waals surface area (Å²) in [6, 6.07) is 0. The molecule has 0 nitrogen and oxygen atoms in total. The Bertz CT molecular complexity index is 228. The molecule has 1 aliphatic carbocycles. The van der Waals surface area contributed by atoms with E-state index >= 15 is 0 Å². The van der Waals surface area contributed by atoms with Crippen molar-refractivity contribution in [2.75, 3.05) is 0 Å². The molecule has 1 saturated carbocycles. The molecule has 104 valence electrons. The second-order valence-electron chi connectivity index (χ2n) is 5.83. The van der Waals surface area contributed by atoms with E-state index in [1.165, 1.54) is 64.2 Å². The maximum atomic E-state index is 2.51. The van der Waals surface area contributed by atoms with Crippen molar-refractivity contribution in [1.29, 1.82) is 0 Å². The van der Waals surface area contributed by atoms with Crippen LogP contribution in [-0.4, -0.2) is 0 Å². The van der Waals surface area contributed by atoms with Gasteiger partial charge < -0.3 is 0 Å². The monoisotopic (exact) mass is 248 g/mol. The zero-order chi connectivity index (χ0) is 13.1. The summed E-state index contributed by atoms with van der Waals surface area (Å²) in [6.07, 6.45) is 23.5. The summed E-state index contributed by atoms with van der Waals surface area (Å²) in [4.78, 5) is 0. The van der Waals surface area contributed by atoms with Crippen molar-refractivity contribution in [3.05, 3.63) is 24.3 Å². The molecule has 0 unspecified atom stereocenters. The fraction of sp³-hybridized carbons (Fsp3) is 0.778. The minimum atomic E-state index is 0.869. The Hall–Kier alpha value is -0.520. The summed E-state index contributed by atoms with van der Waals surface area (Å²) >= 11 is 0. The topological polar surface area (TPSA) is 0 Å². The van der Waals surface area contributed by atoms with Crippen molar-refractivity contribution < 1.29 is 0 Å². The number of rotatable bonds is 8. The number of unbranched alkanes of at least 4 members (excludes halogenated alkanes) is 5. The van der Waals surface area contributed by atoms with Gasteiger partial charge in [-0.3, -0.25) is 0 Å². The summed E-state index contributed by atoms with van der Waals surface area (Å²) in [5.74, 6) is 1.75. The van der Waals surface area contributed by atoms with Crippen LogP contribution in [0.4, 0.5) is 0 Å². The Kier molecular flexibility index (Phi) is 8.98. The summed E-state index contributed by atoms with van der Waals surface area (Å²) in [5, 5.41) is 0. The van der Waals surface area contributed by atoms with Crippen LogP contribution in [0.3, 0.4) is 0 Å². The van der Waals surface area contributed by atoms with Crippen LogP contribution in [0.1, 0.15) is 78.1 Å². The van der Waals surface area contributed by atoms with Gasteiger partial charge in [0, 0.05) is 0 Å². The van der Waals surface area contributed by atoms with Gasteiger partial charge in [-0.15, -0.1) is 0 Å². The highest BCUT2D eigenvalue weighted by Crippen LogP contribution is 2.30. The van der Waals surface area contributed by atoms with Crippen LogP contribution in [0.2, 0.25) is 0 Å². The molecule has 0 N–H and O–H groups in total. The van der Waals surface area contributed by atoms with Crippen LogP contribution >= 0.6 is 0 Å². The largest absolute Gasteiger partial charge is 0.0914 e. The highest BCUT2D eigenvalue weighted by Gasteiger charge is 2.16. The van der Waals surface area contributed by atoms with E-state index in [2.05, 4.69) is 38.2 Å². The first kappa shape index (κ1) is 15.5. The molecule has 0 heterocycles. The van der Waals surface area contributed by atoms with Crippen LogP contribution in [0.5, 0.6) is 0 Å². The van der Waals surface area contributed by atoms with Gasteiger partial charge in [-0.1, -0.05) is 56.9 Å². The first-order valence-electron chi connectivity index (χ1n) is 8.16. The highest BCUT2D eigenvalue weighted by atomic mass is 14.2. The predicted molar refractivity (Wildman–Crippen MR) is 82.8 cm³/mol. The first-order chi connectivity index (χ1) is 8.86. The molecule has 0 aromatic carbocycles. The summed E-state index contributed by atoms with van der Waals surface area (Å²) in [7, 11) is 0. The van der Waals surface area contributed by atoms with Crippen LogP contribution in [0.25, 0.3) is 0 Å². The van der Waals surface area contributed by atoms with E-state index in [-0.39, 0.29) is 0 Å². The van der Waals surface area contributed by atoms with Crippen LogP contribution in [0.15, 0.2) is 24.3 Å². The minimum Gasteiger partial charge on any atom is -0.0914 e. The van der Waals surface area contributed by atoms with Crippen LogP contribution < -0.4 is 0 Å². The normalized spacial score (nSPS) is 25.2. The predicted octanol–water partition coefficient (Wildman–Crippen LogP) is 6.29. The molecular weight excluding hydrogens is 216 g/mol. The first-order valence-corrected chi connectivity index (χ1v) is 8.16. The van der Waals surface area contributed by atoms with Crippen molar-refractivity contribution in [2.24, 2.45) is 11.8 Å². The molecule has 1 fully saturated rings. The number of allylic oxidation sites excluding steroid dienone is 4. The van der Waals surface area contributed by atoms with E-state index in [9.17, 15) is 0 Å². The van der Waals surface area contributed by atoms with E-state index in [1.54, 1.807) is 0 Å². The molecular formula is C18H32. The second-order valence-corrected chi connectivity index (χ2v) is 5.83. The second kappa shape index (κ2) is 10.4. The molecule has 0 saturated heterocycles. The van der Waals surface area contributed by atoms with Crippen molar-refractivity contribution in [2.45, 2.75) is 78.1 Å². The Morgan fingerprint density at radius 2 is 1.44 bits per heavy atom. The van der Waals surface area contributed by atoms with Crippen molar-refractivity contribution in [1.82, 2.24) is 0 Å². The Labute approximate surface area is 115 Å². The maximum Gasteiger partial charge on any atom is -0.0233 e. The quantitative estimate of drug-likeness (QED) is 0.350. The van der Waals surface area contributed by atoms with E-state index in [0.717, 1.165) is 11.8 Å². The van der Waals surface area contributed by atoms with Crippen molar-refractivity contribution in [3.8, 4) is 0 Å². The minimum absolute atomic E-state index is 0.869. The molecule has 0 atom stereocenters. The molecule has 0 spiro atoms. The summed E-state index contributed by atoms with van der Waals surface area (Å²) in [5.41, 5.74) is 0. The average Bonchev–Trinajstić information content (AvgIpc) is 2.40. The van der Waals surface area contributed by atoms with Gasteiger partial charge in [-0.25, -0.2) is 0 Å². The van der Waals surface area contributed by atoms with Gasteiger partial charge in [0.1, 0.15) is 0 Å². The lowest BCUT2D eigenvalue weighted by molar-refractivity contribution is 0.356. The lowest BCUT2D eigenvalue weighted by atomic mass is 9.81. The van der Waals surface area contributed by atoms with Gasteiger partial charge >= 0.3 is 0 Å². The standard InChI is InChI=1S/C18H32/c1-3-5-6-7-8-9-10-12-18-15-13-17(11-4-2)14-16-18/h4,10-12,17-18H,3,5-9,13-16H2,1-2H3. The third kappa shape index (κ3) is 7.03. The highest BCUT2D eigenvalue weighted by molar-refractivity contribution is 4.95. The maximum absolute atomic E-state index is 2.51. The van der Waals surface area contributed by atoms with Gasteiger partial charge in [0.15, 0.2) is 0 Å². The molecule has 0 aromatic heterocycles. The molecule has 18 heavy (non-hydrogen) atoms. The zero-order valence-corrected chi connectivity index (χ0v) is 12.5. The molecule has 1 rings (SSSR count). The van der Waals surface area contributed by atoms with E-state index in [1.807, 2.05) is 0 Å². The summed E-state index contributed by atoms with van der Waals surface area (Å²) < 4.78 is 0. The molecule has 0 radical (unpaired) electrons. The smallest absolute Gasteiger partial charge is 0.0233 e. The Morgan fingerprint density at radius 3 is 2.06 bits per heavy atom. The lowest BCUT2D eigenvalue weighted by Crippen LogP contribution is -2.11. The molecule has 0 aromatic rings. The average molecular weight is 248 g/mol. The summed E-state index contributed by atoms with van der Waals surface area (Å²) in [6.45, 7) is 4.43. The number of hydrogen-bond acceptors (Lipinski definition) is 0. The van der Waals surface area contributed by atoms with Gasteiger partial charge in [-0.2, -0.15) is 0 Å². The molecule has 0 aliphatic heterocycles. The van der Waals surface area contributed by atoms with Gasteiger partial charge in [-0.05, 0) is 57.3 Å². The van der Waals surface area contributed by atoms with Crippen LogP contribution in [-0.2, 0) is 0 Å². The SMILES string of the molecule is CC=CC1CCC(C=CCCCCCCC)CC1. The molecule has 1 aliphatic rings. The van der Waals surface area contributed by atoms with E-state index in [0.29, 0.717) is 0 Å². The van der Waals surface area contributed by atoms with E-state index in [4.69, 9.17) is 0 Å². The van der Waals surface area contributed by atoms with E-state index < -0.39 is 0 Å². The Balaban J connectivity index is 2.02. The van der Waals surface area contributed by atoms with Crippen LogP contribution in [0, 0.1) is 11.8 Å². The molecule has 0 heteroatoms. The molecule has 0 amide bonds. The van der Waals surface area contributed by atoms with Gasteiger partial charge in [0.2, 0.25) is 0 Å². The lowest BCUT2D eigenvalue weighted by Gasteiger charge is -2.24. The zero-order valence-electron chi connectivity index (χ0n) is 12.5. The molecule has 0 bridgehead atoms. The van der Waals surface area contributed by atoms with Gasteiger partial charge in [0.05, 0.1) is 0 Å². The third-order valence-corrected chi connectivity index (χ3v) is 4.16. The van der Waals surface area contributed by atoms with Crippen molar-refractivity contribution >= 4 is 0 Å². The number of hydrogen-bond donors (Lipinski definition) is 0. The van der Waals surface area contributed by atoms with Crippen molar-refractivity contribution in [3.63, 3.8) is 0 Å². The fourth-order valence-corrected chi connectivity index (χ4v) is 2.96.